The zero-order valence-electron chi connectivity index (χ0n) is 16.0. The molecule has 0 spiro atoms. The molecule has 7 heteroatoms. The van der Waals surface area contributed by atoms with Crippen molar-refractivity contribution in [2.75, 3.05) is 18.8 Å². The molecule has 0 bridgehead atoms. The molecule has 148 valence electrons. The summed E-state index contributed by atoms with van der Waals surface area (Å²) in [7, 11) is 0. The summed E-state index contributed by atoms with van der Waals surface area (Å²) < 4.78 is 13.3. The molecule has 0 radical (unpaired) electrons. The monoisotopic (exact) mass is 391 g/mol. The zero-order valence-corrected chi connectivity index (χ0v) is 16.0. The molecule has 1 aliphatic heterocycles. The van der Waals surface area contributed by atoms with E-state index in [4.69, 9.17) is 5.73 Å². The maximum Gasteiger partial charge on any atom is 0.228 e. The van der Waals surface area contributed by atoms with Crippen molar-refractivity contribution in [1.29, 1.82) is 0 Å². The summed E-state index contributed by atoms with van der Waals surface area (Å²) >= 11 is 0. The number of nitrogen functional groups attached to an aromatic ring is 1. The van der Waals surface area contributed by atoms with E-state index in [1.54, 1.807) is 24.5 Å². The molecule has 0 saturated carbocycles. The molecular weight excluding hydrogens is 369 g/mol. The van der Waals surface area contributed by atoms with Gasteiger partial charge in [0.15, 0.2) is 0 Å². The van der Waals surface area contributed by atoms with E-state index in [2.05, 4.69) is 15.0 Å². The van der Waals surface area contributed by atoms with Crippen LogP contribution in [0, 0.1) is 5.82 Å². The van der Waals surface area contributed by atoms with E-state index in [1.165, 1.54) is 12.1 Å². The average molecular weight is 391 g/mol. The fraction of sp³-hybridized carbons (Fsp3) is 0.273. The molecule has 2 N–H and O–H groups in total. The molecule has 1 unspecified atom stereocenters. The maximum absolute atomic E-state index is 13.3. The van der Waals surface area contributed by atoms with Crippen molar-refractivity contribution in [1.82, 2.24) is 19.9 Å². The van der Waals surface area contributed by atoms with E-state index in [0.29, 0.717) is 13.1 Å². The summed E-state index contributed by atoms with van der Waals surface area (Å²) in [6, 6.07) is 11.8. The summed E-state index contributed by atoms with van der Waals surface area (Å²) in [6.07, 6.45) is 5.44. The minimum atomic E-state index is -0.296. The van der Waals surface area contributed by atoms with Gasteiger partial charge in [-0.05, 0) is 42.7 Å². The molecule has 1 saturated heterocycles. The van der Waals surface area contributed by atoms with Crippen molar-refractivity contribution in [3.8, 4) is 11.1 Å². The van der Waals surface area contributed by atoms with Gasteiger partial charge in [-0.3, -0.25) is 9.78 Å². The predicted molar refractivity (Wildman–Crippen MR) is 108 cm³/mol. The fourth-order valence-electron chi connectivity index (χ4n) is 3.77. The smallest absolute Gasteiger partial charge is 0.228 e. The average Bonchev–Trinajstić information content (AvgIpc) is 2.75. The Morgan fingerprint density at radius 1 is 1.17 bits per heavy atom. The second-order valence-electron chi connectivity index (χ2n) is 7.21. The van der Waals surface area contributed by atoms with Crippen LogP contribution in [-0.2, 0) is 11.2 Å². The molecule has 1 atom stereocenters. The number of hydrogen-bond donors (Lipinski definition) is 1. The number of aromatic nitrogens is 3. The number of rotatable bonds is 4. The first kappa shape index (κ1) is 19.0. The normalized spacial score (nSPS) is 16.6. The number of pyridine rings is 1. The van der Waals surface area contributed by atoms with Gasteiger partial charge in [0.05, 0.1) is 12.1 Å². The van der Waals surface area contributed by atoms with Gasteiger partial charge in [-0.2, -0.15) is 0 Å². The minimum absolute atomic E-state index is 0.0433. The van der Waals surface area contributed by atoms with Crippen LogP contribution in [0.4, 0.5) is 10.3 Å². The van der Waals surface area contributed by atoms with Crippen molar-refractivity contribution >= 4 is 11.9 Å². The van der Waals surface area contributed by atoms with E-state index in [-0.39, 0.29) is 30.0 Å². The lowest BCUT2D eigenvalue weighted by Crippen LogP contribution is -2.40. The molecular formula is C22H22FN5O. The number of nitrogens with zero attached hydrogens (tertiary/aromatic N) is 4. The van der Waals surface area contributed by atoms with Gasteiger partial charge < -0.3 is 10.6 Å². The van der Waals surface area contributed by atoms with Crippen LogP contribution in [0.3, 0.4) is 0 Å². The first-order valence-corrected chi connectivity index (χ1v) is 9.66. The number of carbonyl (C=O) groups excluding carboxylic acids is 1. The number of piperidine rings is 1. The van der Waals surface area contributed by atoms with E-state index in [1.807, 2.05) is 23.1 Å². The lowest BCUT2D eigenvalue weighted by molar-refractivity contribution is -0.131. The van der Waals surface area contributed by atoms with Crippen LogP contribution >= 0.6 is 0 Å². The van der Waals surface area contributed by atoms with Crippen LogP contribution in [0.2, 0.25) is 0 Å². The SMILES string of the molecule is Nc1ncc(-c2ccc(F)cc2)c(C2CCCN(C(=O)Cc3ccccn3)C2)n1. The van der Waals surface area contributed by atoms with Crippen molar-refractivity contribution < 1.29 is 9.18 Å². The molecule has 2 aromatic heterocycles. The second kappa shape index (κ2) is 8.34. The molecule has 1 fully saturated rings. The summed E-state index contributed by atoms with van der Waals surface area (Å²) in [6.45, 7) is 1.28. The fourth-order valence-corrected chi connectivity index (χ4v) is 3.77. The van der Waals surface area contributed by atoms with Crippen molar-refractivity contribution in [2.45, 2.75) is 25.2 Å². The van der Waals surface area contributed by atoms with E-state index in [0.717, 1.165) is 35.4 Å². The topological polar surface area (TPSA) is 85.0 Å². The van der Waals surface area contributed by atoms with Crippen molar-refractivity contribution in [3.05, 3.63) is 72.1 Å². The Balaban J connectivity index is 1.57. The predicted octanol–water partition coefficient (Wildman–Crippen LogP) is 3.21. The number of nitrogens with two attached hydrogens (primary N) is 1. The Morgan fingerprint density at radius 3 is 2.76 bits per heavy atom. The van der Waals surface area contributed by atoms with Crippen LogP contribution in [0.5, 0.6) is 0 Å². The molecule has 4 rings (SSSR count). The van der Waals surface area contributed by atoms with Crippen molar-refractivity contribution in [3.63, 3.8) is 0 Å². The largest absolute Gasteiger partial charge is 0.368 e. The number of hydrogen-bond acceptors (Lipinski definition) is 5. The van der Waals surface area contributed by atoms with Gasteiger partial charge in [-0.15, -0.1) is 0 Å². The first-order chi connectivity index (χ1) is 14.1. The third-order valence-electron chi connectivity index (χ3n) is 5.21. The summed E-state index contributed by atoms with van der Waals surface area (Å²) in [4.78, 5) is 27.5. The van der Waals surface area contributed by atoms with Crippen molar-refractivity contribution in [2.24, 2.45) is 0 Å². The van der Waals surface area contributed by atoms with Crippen LogP contribution in [0.1, 0.15) is 30.1 Å². The van der Waals surface area contributed by atoms with E-state index in [9.17, 15) is 9.18 Å². The number of carbonyl (C=O) groups is 1. The standard InChI is InChI=1S/C22H22FN5O/c23-17-8-6-15(7-9-17)19-13-26-22(24)27-21(19)16-4-3-11-28(14-16)20(29)12-18-5-1-2-10-25-18/h1-2,5-10,13,16H,3-4,11-12,14H2,(H2,24,26,27). The molecule has 1 aliphatic rings. The van der Waals surface area contributed by atoms with Crippen LogP contribution in [0.15, 0.2) is 54.9 Å². The summed E-state index contributed by atoms with van der Waals surface area (Å²) in [5.41, 5.74) is 9.08. The highest BCUT2D eigenvalue weighted by molar-refractivity contribution is 5.78. The zero-order chi connectivity index (χ0) is 20.2. The quantitative estimate of drug-likeness (QED) is 0.738. The Bertz CT molecular complexity index is 994. The highest BCUT2D eigenvalue weighted by Gasteiger charge is 2.28. The van der Waals surface area contributed by atoms with Gasteiger partial charge in [0, 0.05) is 42.7 Å². The number of halogens is 1. The Labute approximate surface area is 168 Å². The van der Waals surface area contributed by atoms with Crippen LogP contribution < -0.4 is 5.73 Å². The molecule has 1 amide bonds. The van der Waals surface area contributed by atoms with Gasteiger partial charge in [0.25, 0.3) is 0 Å². The van der Waals surface area contributed by atoms with Gasteiger partial charge in [0.1, 0.15) is 5.82 Å². The summed E-state index contributed by atoms with van der Waals surface area (Å²) in [5.74, 6) is -0.000957. The van der Waals surface area contributed by atoms with Gasteiger partial charge in [0.2, 0.25) is 11.9 Å². The van der Waals surface area contributed by atoms with E-state index >= 15 is 0 Å². The molecule has 0 aliphatic carbocycles. The second-order valence-corrected chi connectivity index (χ2v) is 7.21. The molecule has 29 heavy (non-hydrogen) atoms. The van der Waals surface area contributed by atoms with Crippen LogP contribution in [-0.4, -0.2) is 38.8 Å². The lowest BCUT2D eigenvalue weighted by Gasteiger charge is -2.33. The van der Waals surface area contributed by atoms with Gasteiger partial charge in [-0.1, -0.05) is 18.2 Å². The Morgan fingerprint density at radius 2 is 2.00 bits per heavy atom. The number of anilines is 1. The first-order valence-electron chi connectivity index (χ1n) is 9.66. The van der Waals surface area contributed by atoms with E-state index < -0.39 is 0 Å². The highest BCUT2D eigenvalue weighted by Crippen LogP contribution is 2.33. The molecule has 3 aromatic rings. The third kappa shape index (κ3) is 4.39. The lowest BCUT2D eigenvalue weighted by atomic mass is 9.89. The highest BCUT2D eigenvalue weighted by atomic mass is 19.1. The van der Waals surface area contributed by atoms with Gasteiger partial charge in [-0.25, -0.2) is 14.4 Å². The van der Waals surface area contributed by atoms with Gasteiger partial charge >= 0.3 is 0 Å². The van der Waals surface area contributed by atoms with Crippen LogP contribution in [0.25, 0.3) is 11.1 Å². The Kier molecular flexibility index (Phi) is 5.46. The third-order valence-corrected chi connectivity index (χ3v) is 5.21. The minimum Gasteiger partial charge on any atom is -0.368 e. The maximum atomic E-state index is 13.3. The molecule has 1 aromatic carbocycles. The molecule has 3 heterocycles. The number of amides is 1. The summed E-state index contributed by atoms with van der Waals surface area (Å²) in [5, 5.41) is 0. The number of likely N-dealkylation sites (tertiary alicyclic amines) is 1. The number of benzene rings is 1. The Hall–Kier alpha value is -3.35. The molecule has 6 nitrogen and oxygen atoms in total.